The summed E-state index contributed by atoms with van der Waals surface area (Å²) in [5, 5.41) is 0. The fourth-order valence-electron chi connectivity index (χ4n) is 1.20. The lowest BCUT2D eigenvalue weighted by Crippen LogP contribution is -2.13. The van der Waals surface area contributed by atoms with Gasteiger partial charge in [0.2, 0.25) is 0 Å². The smallest absolute Gasteiger partial charge is 0.133 e. The average Bonchev–Trinajstić information content (AvgIpc) is 2.01. The van der Waals surface area contributed by atoms with Gasteiger partial charge in [0.15, 0.2) is 0 Å². The molecule has 0 aliphatic heterocycles. The third-order valence-corrected chi connectivity index (χ3v) is 1.84. The maximum absolute atomic E-state index is 13.1. The van der Waals surface area contributed by atoms with Crippen LogP contribution in [0.25, 0.3) is 0 Å². The Balaban J connectivity index is 3.13. The molecule has 0 aliphatic rings. The SMILES string of the molecule is C=CC[C@H](N)c1c(F)cc(F)cc1F. The molecule has 1 atom stereocenters. The molecule has 1 aromatic carbocycles. The fourth-order valence-corrected chi connectivity index (χ4v) is 1.20. The van der Waals surface area contributed by atoms with E-state index < -0.39 is 23.5 Å². The first-order chi connectivity index (χ1) is 6.56. The van der Waals surface area contributed by atoms with E-state index in [1.54, 1.807) is 0 Å². The molecule has 4 heteroatoms. The lowest BCUT2D eigenvalue weighted by atomic mass is 10.0. The first-order valence-electron chi connectivity index (χ1n) is 4.07. The molecule has 0 fully saturated rings. The summed E-state index contributed by atoms with van der Waals surface area (Å²) < 4.78 is 38.7. The van der Waals surface area contributed by atoms with Crippen molar-refractivity contribution in [3.8, 4) is 0 Å². The molecule has 1 rings (SSSR count). The Bertz CT molecular complexity index is 326. The van der Waals surface area contributed by atoms with Crippen LogP contribution in [0.3, 0.4) is 0 Å². The van der Waals surface area contributed by atoms with E-state index in [9.17, 15) is 13.2 Å². The zero-order valence-corrected chi connectivity index (χ0v) is 7.43. The van der Waals surface area contributed by atoms with Gasteiger partial charge in [-0.1, -0.05) is 6.08 Å². The average molecular weight is 201 g/mol. The van der Waals surface area contributed by atoms with E-state index >= 15 is 0 Å². The number of nitrogens with two attached hydrogens (primary N) is 1. The zero-order valence-electron chi connectivity index (χ0n) is 7.43. The molecule has 0 saturated carbocycles. The molecular weight excluding hydrogens is 191 g/mol. The highest BCUT2D eigenvalue weighted by atomic mass is 19.1. The summed E-state index contributed by atoms with van der Waals surface area (Å²) in [4.78, 5) is 0. The number of hydrogen-bond acceptors (Lipinski definition) is 1. The Morgan fingerprint density at radius 2 is 1.79 bits per heavy atom. The Labute approximate surface area is 80.0 Å². The van der Waals surface area contributed by atoms with E-state index in [4.69, 9.17) is 5.73 Å². The summed E-state index contributed by atoms with van der Waals surface area (Å²) in [5.74, 6) is -2.87. The van der Waals surface area contributed by atoms with E-state index in [1.807, 2.05) is 0 Å². The van der Waals surface area contributed by atoms with Crippen molar-refractivity contribution in [1.82, 2.24) is 0 Å². The predicted molar refractivity (Wildman–Crippen MR) is 48.1 cm³/mol. The number of rotatable bonds is 3. The first kappa shape index (κ1) is 10.8. The fraction of sp³-hybridized carbons (Fsp3) is 0.200. The second kappa shape index (κ2) is 4.28. The molecular formula is C10H10F3N. The normalized spacial score (nSPS) is 12.6. The summed E-state index contributed by atoms with van der Waals surface area (Å²) >= 11 is 0. The van der Waals surface area contributed by atoms with Crippen molar-refractivity contribution in [3.63, 3.8) is 0 Å². The van der Waals surface area contributed by atoms with Gasteiger partial charge >= 0.3 is 0 Å². The minimum absolute atomic E-state index is 0.236. The largest absolute Gasteiger partial charge is 0.324 e. The van der Waals surface area contributed by atoms with Crippen LogP contribution in [0.15, 0.2) is 24.8 Å². The van der Waals surface area contributed by atoms with Gasteiger partial charge in [-0.15, -0.1) is 6.58 Å². The van der Waals surface area contributed by atoms with Gasteiger partial charge in [-0.05, 0) is 6.42 Å². The molecule has 0 radical (unpaired) electrons. The summed E-state index contributed by atoms with van der Waals surface area (Å²) in [6.45, 7) is 3.40. The minimum atomic E-state index is -0.961. The molecule has 0 unspecified atom stereocenters. The summed E-state index contributed by atoms with van der Waals surface area (Å²) in [5.41, 5.74) is 5.18. The topological polar surface area (TPSA) is 26.0 Å². The highest BCUT2D eigenvalue weighted by molar-refractivity contribution is 5.24. The molecule has 0 saturated heterocycles. The Hall–Kier alpha value is -1.29. The second-order valence-electron chi connectivity index (χ2n) is 2.91. The molecule has 0 heterocycles. The number of hydrogen-bond donors (Lipinski definition) is 1. The van der Waals surface area contributed by atoms with Gasteiger partial charge in [0.25, 0.3) is 0 Å². The van der Waals surface area contributed by atoms with E-state index in [1.165, 1.54) is 6.08 Å². The van der Waals surface area contributed by atoms with Crippen molar-refractivity contribution in [2.45, 2.75) is 12.5 Å². The van der Waals surface area contributed by atoms with E-state index in [0.29, 0.717) is 12.1 Å². The molecule has 0 aliphatic carbocycles. The molecule has 14 heavy (non-hydrogen) atoms. The van der Waals surface area contributed by atoms with E-state index in [2.05, 4.69) is 6.58 Å². The third kappa shape index (κ3) is 2.14. The highest BCUT2D eigenvalue weighted by Gasteiger charge is 2.16. The van der Waals surface area contributed by atoms with Crippen molar-refractivity contribution in [3.05, 3.63) is 47.8 Å². The Morgan fingerprint density at radius 3 is 2.21 bits per heavy atom. The Morgan fingerprint density at radius 1 is 1.29 bits per heavy atom. The summed E-state index contributed by atoms with van der Waals surface area (Å²) in [7, 11) is 0. The second-order valence-corrected chi connectivity index (χ2v) is 2.91. The summed E-state index contributed by atoms with van der Waals surface area (Å²) in [6, 6.07) is 0.399. The maximum Gasteiger partial charge on any atom is 0.133 e. The standard InChI is InChI=1S/C10H10F3N/c1-2-3-9(14)10-7(12)4-6(11)5-8(10)13/h2,4-5,9H,1,3,14H2/t9-/m0/s1. The minimum Gasteiger partial charge on any atom is -0.324 e. The molecule has 1 aromatic rings. The van der Waals surface area contributed by atoms with Gasteiger partial charge in [0.05, 0.1) is 0 Å². The van der Waals surface area contributed by atoms with Gasteiger partial charge in [-0.25, -0.2) is 13.2 Å². The summed E-state index contributed by atoms with van der Waals surface area (Å²) in [6.07, 6.45) is 1.69. The van der Waals surface area contributed by atoms with Crippen LogP contribution >= 0.6 is 0 Å². The van der Waals surface area contributed by atoms with Gasteiger partial charge in [-0.3, -0.25) is 0 Å². The van der Waals surface area contributed by atoms with Crippen molar-refractivity contribution in [1.29, 1.82) is 0 Å². The van der Waals surface area contributed by atoms with E-state index in [0.717, 1.165) is 0 Å². The molecule has 0 amide bonds. The number of halogens is 3. The van der Waals surface area contributed by atoms with Crippen LogP contribution in [0.2, 0.25) is 0 Å². The van der Waals surface area contributed by atoms with Crippen molar-refractivity contribution in [2.75, 3.05) is 0 Å². The molecule has 2 N–H and O–H groups in total. The number of benzene rings is 1. The molecule has 0 bridgehead atoms. The van der Waals surface area contributed by atoms with Crippen LogP contribution in [-0.2, 0) is 0 Å². The monoisotopic (exact) mass is 201 g/mol. The maximum atomic E-state index is 13.1. The van der Waals surface area contributed by atoms with Gasteiger partial charge in [0.1, 0.15) is 17.5 Å². The van der Waals surface area contributed by atoms with Gasteiger partial charge < -0.3 is 5.73 Å². The third-order valence-electron chi connectivity index (χ3n) is 1.84. The predicted octanol–water partition coefficient (Wildman–Crippen LogP) is 2.68. The molecule has 0 spiro atoms. The van der Waals surface area contributed by atoms with E-state index in [-0.39, 0.29) is 12.0 Å². The zero-order chi connectivity index (χ0) is 10.7. The van der Waals surface area contributed by atoms with Crippen LogP contribution in [0.5, 0.6) is 0 Å². The molecule has 76 valence electrons. The quantitative estimate of drug-likeness (QED) is 0.747. The lowest BCUT2D eigenvalue weighted by Gasteiger charge is -2.11. The van der Waals surface area contributed by atoms with Crippen LogP contribution in [0.1, 0.15) is 18.0 Å². The lowest BCUT2D eigenvalue weighted by molar-refractivity contribution is 0.503. The van der Waals surface area contributed by atoms with Crippen LogP contribution in [-0.4, -0.2) is 0 Å². The van der Waals surface area contributed by atoms with Crippen molar-refractivity contribution < 1.29 is 13.2 Å². The highest BCUT2D eigenvalue weighted by Crippen LogP contribution is 2.22. The van der Waals surface area contributed by atoms with Gasteiger partial charge in [0, 0.05) is 23.7 Å². The Kier molecular flexibility index (Phi) is 3.30. The van der Waals surface area contributed by atoms with Crippen LogP contribution < -0.4 is 5.73 Å². The first-order valence-corrected chi connectivity index (χ1v) is 4.07. The van der Waals surface area contributed by atoms with Crippen molar-refractivity contribution in [2.24, 2.45) is 5.73 Å². The van der Waals surface area contributed by atoms with Crippen LogP contribution in [0, 0.1) is 17.5 Å². The van der Waals surface area contributed by atoms with Gasteiger partial charge in [-0.2, -0.15) is 0 Å². The van der Waals surface area contributed by atoms with Crippen molar-refractivity contribution >= 4 is 0 Å². The molecule has 1 nitrogen and oxygen atoms in total. The molecule has 0 aromatic heterocycles. The van der Waals surface area contributed by atoms with Crippen LogP contribution in [0.4, 0.5) is 13.2 Å².